The molecule has 138 valence electrons. The van der Waals surface area contributed by atoms with Gasteiger partial charge >= 0.3 is 6.18 Å². The molecule has 1 aromatic carbocycles. The molecule has 0 saturated carbocycles. The van der Waals surface area contributed by atoms with Gasteiger partial charge in [-0.2, -0.15) is 24.9 Å². The number of thioether (sulfide) groups is 1. The highest BCUT2D eigenvalue weighted by atomic mass is 35.5. The number of carbonyl (C=O) groups excluding carboxylic acids is 1. The van der Waals surface area contributed by atoms with Crippen molar-refractivity contribution in [2.24, 2.45) is 0 Å². The molecule has 1 fully saturated rings. The highest BCUT2D eigenvalue weighted by Gasteiger charge is 2.32. The standard InChI is InChI=1S/C18H16ClF3N2OS/c19-14-4-2-1-3-13(14)15-7-8-24(9-10-26-15)17(25)12-5-6-16(23-11-12)18(20,21)22/h1-6,11,15H,7-10H2. The zero-order valence-corrected chi connectivity index (χ0v) is 15.2. The lowest BCUT2D eigenvalue weighted by Gasteiger charge is -2.20. The molecule has 1 unspecified atom stereocenters. The van der Waals surface area contributed by atoms with Gasteiger partial charge in [0.2, 0.25) is 0 Å². The second kappa shape index (κ2) is 7.88. The quantitative estimate of drug-likeness (QED) is 0.705. The molecule has 2 heterocycles. The Bertz CT molecular complexity index is 783. The number of carbonyl (C=O) groups is 1. The van der Waals surface area contributed by atoms with Crippen LogP contribution in [0.25, 0.3) is 0 Å². The number of halogens is 4. The topological polar surface area (TPSA) is 33.2 Å². The molecule has 1 atom stereocenters. The van der Waals surface area contributed by atoms with Gasteiger partial charge < -0.3 is 4.90 Å². The van der Waals surface area contributed by atoms with Gasteiger partial charge in [-0.1, -0.05) is 29.8 Å². The van der Waals surface area contributed by atoms with E-state index in [1.54, 1.807) is 16.7 Å². The first-order chi connectivity index (χ1) is 12.4. The van der Waals surface area contributed by atoms with Crippen LogP contribution in [0.1, 0.15) is 33.3 Å². The Hall–Kier alpha value is -1.73. The van der Waals surface area contributed by atoms with Crippen molar-refractivity contribution in [1.82, 2.24) is 9.88 Å². The maximum Gasteiger partial charge on any atom is 0.433 e. The van der Waals surface area contributed by atoms with Crippen LogP contribution in [0.3, 0.4) is 0 Å². The lowest BCUT2D eigenvalue weighted by atomic mass is 10.1. The van der Waals surface area contributed by atoms with Crippen LogP contribution in [-0.2, 0) is 6.18 Å². The van der Waals surface area contributed by atoms with Gasteiger partial charge in [0, 0.05) is 35.3 Å². The van der Waals surface area contributed by atoms with Gasteiger partial charge in [-0.3, -0.25) is 9.78 Å². The Labute approximate surface area is 158 Å². The normalized spacial score (nSPS) is 18.5. The van der Waals surface area contributed by atoms with Gasteiger partial charge in [-0.25, -0.2) is 0 Å². The van der Waals surface area contributed by atoms with Crippen LogP contribution >= 0.6 is 23.4 Å². The van der Waals surface area contributed by atoms with Crippen LogP contribution in [0, 0.1) is 0 Å². The fourth-order valence-electron chi connectivity index (χ4n) is 2.83. The van der Waals surface area contributed by atoms with Crippen molar-refractivity contribution in [1.29, 1.82) is 0 Å². The summed E-state index contributed by atoms with van der Waals surface area (Å²) in [6.45, 7) is 1.05. The molecule has 2 aromatic rings. The molecule has 1 aliphatic heterocycles. The van der Waals surface area contributed by atoms with Gasteiger partial charge in [0.1, 0.15) is 5.69 Å². The number of pyridine rings is 1. The molecule has 0 bridgehead atoms. The molecule has 0 aliphatic carbocycles. The minimum absolute atomic E-state index is 0.166. The molecule has 0 spiro atoms. The minimum atomic E-state index is -4.51. The summed E-state index contributed by atoms with van der Waals surface area (Å²) in [5.41, 5.74) is 0.211. The molecule has 3 nitrogen and oxygen atoms in total. The third-order valence-corrected chi connectivity index (χ3v) is 5.84. The SMILES string of the molecule is O=C(c1ccc(C(F)(F)F)nc1)N1CCSC(c2ccccc2Cl)CC1. The summed E-state index contributed by atoms with van der Waals surface area (Å²) in [5.74, 6) is 0.432. The van der Waals surface area contributed by atoms with Gasteiger partial charge in [-0.15, -0.1) is 0 Å². The zero-order valence-electron chi connectivity index (χ0n) is 13.7. The maximum absolute atomic E-state index is 12.6. The van der Waals surface area contributed by atoms with Gasteiger partial charge in [0.15, 0.2) is 0 Å². The number of hydrogen-bond acceptors (Lipinski definition) is 3. The number of alkyl halides is 3. The minimum Gasteiger partial charge on any atom is -0.338 e. The smallest absolute Gasteiger partial charge is 0.338 e. The van der Waals surface area contributed by atoms with Gasteiger partial charge in [0.05, 0.1) is 5.56 Å². The molecule has 1 aromatic heterocycles. The molecule has 0 N–H and O–H groups in total. The molecular weight excluding hydrogens is 385 g/mol. The van der Waals surface area contributed by atoms with E-state index in [1.165, 1.54) is 6.07 Å². The Kier molecular flexibility index (Phi) is 5.77. The third kappa shape index (κ3) is 4.32. The third-order valence-electron chi connectivity index (χ3n) is 4.18. The second-order valence-electron chi connectivity index (χ2n) is 5.89. The number of aromatic nitrogens is 1. The Balaban J connectivity index is 1.69. The first kappa shape index (κ1) is 19.0. The molecule has 1 amide bonds. The highest BCUT2D eigenvalue weighted by Crippen LogP contribution is 2.38. The number of benzene rings is 1. The van der Waals surface area contributed by atoms with E-state index in [9.17, 15) is 18.0 Å². The summed E-state index contributed by atoms with van der Waals surface area (Å²) < 4.78 is 37.8. The van der Waals surface area contributed by atoms with E-state index in [0.717, 1.165) is 30.0 Å². The van der Waals surface area contributed by atoms with Crippen molar-refractivity contribution in [3.63, 3.8) is 0 Å². The maximum atomic E-state index is 12.6. The summed E-state index contributed by atoms with van der Waals surface area (Å²) in [4.78, 5) is 17.6. The fourth-order valence-corrected chi connectivity index (χ4v) is 4.43. The lowest BCUT2D eigenvalue weighted by molar-refractivity contribution is -0.141. The summed E-state index contributed by atoms with van der Waals surface area (Å²) in [6.07, 6.45) is -2.79. The van der Waals surface area contributed by atoms with E-state index in [1.807, 2.05) is 24.3 Å². The number of nitrogens with zero attached hydrogens (tertiary/aromatic N) is 2. The van der Waals surface area contributed by atoms with Gasteiger partial charge in [0.25, 0.3) is 5.91 Å². The molecule has 8 heteroatoms. The van der Waals surface area contributed by atoms with Crippen molar-refractivity contribution in [3.05, 3.63) is 64.4 Å². The van der Waals surface area contributed by atoms with Gasteiger partial charge in [-0.05, 0) is 30.2 Å². The van der Waals surface area contributed by atoms with E-state index >= 15 is 0 Å². The Morgan fingerprint density at radius 1 is 1.19 bits per heavy atom. The van der Waals surface area contributed by atoms with E-state index in [2.05, 4.69) is 4.98 Å². The molecule has 1 saturated heterocycles. The summed E-state index contributed by atoms with van der Waals surface area (Å²) in [6, 6.07) is 9.66. The van der Waals surface area contributed by atoms with Crippen LogP contribution < -0.4 is 0 Å². The second-order valence-corrected chi connectivity index (χ2v) is 7.61. The highest BCUT2D eigenvalue weighted by molar-refractivity contribution is 7.99. The number of hydrogen-bond donors (Lipinski definition) is 0. The largest absolute Gasteiger partial charge is 0.433 e. The molecule has 3 rings (SSSR count). The van der Waals surface area contributed by atoms with Crippen molar-refractivity contribution in [2.45, 2.75) is 17.8 Å². The van der Waals surface area contributed by atoms with Crippen LogP contribution in [-0.4, -0.2) is 34.6 Å². The van der Waals surface area contributed by atoms with Crippen molar-refractivity contribution >= 4 is 29.3 Å². The van der Waals surface area contributed by atoms with Crippen LogP contribution in [0.2, 0.25) is 5.02 Å². The number of amides is 1. The fraction of sp³-hybridized carbons (Fsp3) is 0.333. The lowest BCUT2D eigenvalue weighted by Crippen LogP contribution is -2.33. The number of rotatable bonds is 2. The first-order valence-corrected chi connectivity index (χ1v) is 9.47. The average Bonchev–Trinajstić information content (AvgIpc) is 2.87. The van der Waals surface area contributed by atoms with Crippen molar-refractivity contribution < 1.29 is 18.0 Å². The first-order valence-electron chi connectivity index (χ1n) is 8.05. The van der Waals surface area contributed by atoms with Crippen LogP contribution in [0.15, 0.2) is 42.6 Å². The van der Waals surface area contributed by atoms with Crippen molar-refractivity contribution in [2.75, 3.05) is 18.8 Å². The molecular formula is C18H16ClF3N2OS. The van der Waals surface area contributed by atoms with Crippen LogP contribution in [0.5, 0.6) is 0 Å². The summed E-state index contributed by atoms with van der Waals surface area (Å²) in [5, 5.41) is 0.893. The monoisotopic (exact) mass is 400 g/mol. The molecule has 0 radical (unpaired) electrons. The van der Waals surface area contributed by atoms with E-state index in [4.69, 9.17) is 11.6 Å². The van der Waals surface area contributed by atoms with E-state index in [-0.39, 0.29) is 16.7 Å². The Morgan fingerprint density at radius 3 is 2.62 bits per heavy atom. The Morgan fingerprint density at radius 2 is 1.96 bits per heavy atom. The predicted octanol–water partition coefficient (Wildman–Crippen LogP) is 5.07. The summed E-state index contributed by atoms with van der Waals surface area (Å²) in [7, 11) is 0. The summed E-state index contributed by atoms with van der Waals surface area (Å²) >= 11 is 7.99. The molecule has 26 heavy (non-hydrogen) atoms. The predicted molar refractivity (Wildman–Crippen MR) is 96.4 cm³/mol. The van der Waals surface area contributed by atoms with E-state index in [0.29, 0.717) is 18.1 Å². The zero-order chi connectivity index (χ0) is 18.7. The van der Waals surface area contributed by atoms with Crippen molar-refractivity contribution in [3.8, 4) is 0 Å². The molecule has 1 aliphatic rings. The average molecular weight is 401 g/mol. The van der Waals surface area contributed by atoms with E-state index < -0.39 is 11.9 Å². The van der Waals surface area contributed by atoms with Crippen LogP contribution in [0.4, 0.5) is 13.2 Å².